The summed E-state index contributed by atoms with van der Waals surface area (Å²) in [6, 6.07) is 10.3. The molecule has 0 unspecified atom stereocenters. The van der Waals surface area contributed by atoms with Gasteiger partial charge < -0.3 is 95.2 Å². The molecule has 20 N–H and O–H groups in total. The molecule has 3 aromatic carbocycles. The molecule has 1 aliphatic heterocycles. The molecule has 5 aromatic rings. The number of nitrogens with one attached hydrogen (secondary N) is 13. The highest BCUT2D eigenvalue weighted by atomic mass is 32.2. The molecule has 636 valence electrons. The summed E-state index contributed by atoms with van der Waals surface area (Å²) in [5.41, 5.74) is 13.6. The number of primary amides is 2. The molecule has 13 amide bonds. The molecule has 0 saturated carbocycles. The van der Waals surface area contributed by atoms with Gasteiger partial charge in [-0.25, -0.2) is 4.98 Å². The Labute approximate surface area is 679 Å². The van der Waals surface area contributed by atoms with Crippen LogP contribution in [0.2, 0.25) is 0 Å². The molecule has 1 saturated heterocycles. The summed E-state index contributed by atoms with van der Waals surface area (Å²) in [5.74, 6) is -14.0. The molecule has 0 spiro atoms. The fourth-order valence-corrected chi connectivity index (χ4v) is 13.0. The van der Waals surface area contributed by atoms with Gasteiger partial charge in [0.2, 0.25) is 70.9 Å². The predicted molar refractivity (Wildman–Crippen MR) is 430 cm³/mol. The zero-order valence-electron chi connectivity index (χ0n) is 66.2. The zero-order chi connectivity index (χ0) is 85.8. The Morgan fingerprint density at radius 1 is 0.496 bits per heavy atom. The number of carbonyl (C=O) groups is 16. The number of hydrogen-bond acceptors (Lipinski definition) is 22. The molecular formula is C77H108N20O19S. The summed E-state index contributed by atoms with van der Waals surface area (Å²) in [6.07, 6.45) is 5.28. The fraction of sp³-hybridized carbons (Fsp3) is 0.494. The third-order valence-electron chi connectivity index (χ3n) is 18.9. The van der Waals surface area contributed by atoms with E-state index in [9.17, 15) is 92.0 Å². The van der Waals surface area contributed by atoms with E-state index in [0.29, 0.717) is 33.5 Å². The van der Waals surface area contributed by atoms with Gasteiger partial charge in [-0.2, -0.15) is 11.8 Å². The van der Waals surface area contributed by atoms with E-state index < -0.39 is 175 Å². The number of hydrogen-bond donors (Lipinski definition) is 18. The minimum Gasteiger partial charge on any atom is -0.480 e. The maximum atomic E-state index is 14.8. The van der Waals surface area contributed by atoms with Crippen molar-refractivity contribution in [2.45, 2.75) is 128 Å². The van der Waals surface area contributed by atoms with Crippen molar-refractivity contribution in [1.29, 1.82) is 0 Å². The van der Waals surface area contributed by atoms with E-state index in [1.54, 1.807) is 94.2 Å². The van der Waals surface area contributed by atoms with E-state index in [1.165, 1.54) is 55.5 Å². The zero-order valence-corrected chi connectivity index (χ0v) is 67.1. The summed E-state index contributed by atoms with van der Waals surface area (Å²) in [5, 5.41) is 58.2. The molecule has 1 fully saturated rings. The quantitative estimate of drug-likeness (QED) is 0.0184. The van der Waals surface area contributed by atoms with Gasteiger partial charge in [0.1, 0.15) is 48.3 Å². The highest BCUT2D eigenvalue weighted by molar-refractivity contribution is 7.98. The van der Waals surface area contributed by atoms with Crippen LogP contribution in [0.3, 0.4) is 0 Å². The lowest BCUT2D eigenvalue weighted by molar-refractivity contribution is -0.140. The second-order valence-electron chi connectivity index (χ2n) is 29.1. The Morgan fingerprint density at radius 2 is 1.01 bits per heavy atom. The number of H-pyrrole nitrogens is 2. The number of aromatic amines is 2. The number of thioether (sulfide) groups is 1. The van der Waals surface area contributed by atoms with Crippen molar-refractivity contribution in [3.05, 3.63) is 120 Å². The molecule has 0 bridgehead atoms. The van der Waals surface area contributed by atoms with Crippen molar-refractivity contribution in [1.82, 2.24) is 87.7 Å². The monoisotopic (exact) mass is 1650 g/mol. The Morgan fingerprint density at radius 3 is 1.56 bits per heavy atom. The van der Waals surface area contributed by atoms with Crippen molar-refractivity contribution >= 4 is 123 Å². The third kappa shape index (κ3) is 33.5. The number of benzene rings is 3. The summed E-state index contributed by atoms with van der Waals surface area (Å²) >= 11 is 1.45. The number of fused-ring (bicyclic) bond motifs is 1. The molecular weight excluding hydrogens is 1540 g/mol. The number of amides is 13. The second kappa shape index (κ2) is 47.8. The van der Waals surface area contributed by atoms with E-state index >= 15 is 0 Å². The van der Waals surface area contributed by atoms with Crippen molar-refractivity contribution in [2.75, 3.05) is 109 Å². The first kappa shape index (κ1) is 94.0. The van der Waals surface area contributed by atoms with E-state index in [0.717, 1.165) is 0 Å². The molecule has 39 nitrogen and oxygen atoms in total. The first-order valence-electron chi connectivity index (χ1n) is 38.2. The van der Waals surface area contributed by atoms with Crippen LogP contribution in [0.4, 0.5) is 5.69 Å². The third-order valence-corrected chi connectivity index (χ3v) is 19.5. The average Bonchev–Trinajstić information content (AvgIpc) is 1.66. The molecule has 3 heterocycles. The first-order chi connectivity index (χ1) is 55.6. The van der Waals surface area contributed by atoms with Crippen LogP contribution in [0, 0.1) is 11.8 Å². The number of imidazole rings is 1. The number of rotatable bonds is 45. The minimum absolute atomic E-state index is 0.00810. The van der Waals surface area contributed by atoms with Gasteiger partial charge in [-0.1, -0.05) is 76.2 Å². The maximum Gasteiger partial charge on any atom is 0.317 e. The van der Waals surface area contributed by atoms with Gasteiger partial charge >= 0.3 is 17.9 Å². The largest absolute Gasteiger partial charge is 0.480 e. The lowest BCUT2D eigenvalue weighted by Gasteiger charge is -2.32. The van der Waals surface area contributed by atoms with Gasteiger partial charge in [0.15, 0.2) is 0 Å². The topological polar surface area (TPSA) is 576 Å². The van der Waals surface area contributed by atoms with E-state index in [2.05, 4.69) is 73.4 Å². The number of nitrogens with zero attached hydrogens (tertiary/aromatic N) is 5. The van der Waals surface area contributed by atoms with Gasteiger partial charge in [-0.05, 0) is 91.5 Å². The Balaban J connectivity index is 1.11. The normalized spacial score (nSPS) is 15.3. The Kier molecular flexibility index (Phi) is 38.4. The molecule has 1 aliphatic rings. The summed E-state index contributed by atoms with van der Waals surface area (Å²) in [6.45, 7) is 6.97. The number of nitrogens with two attached hydrogens (primary N) is 2. The number of para-hydroxylation sites is 1. The van der Waals surface area contributed by atoms with Crippen LogP contribution in [0.15, 0.2) is 97.6 Å². The van der Waals surface area contributed by atoms with Crippen LogP contribution < -0.4 is 70.0 Å². The van der Waals surface area contributed by atoms with Gasteiger partial charge in [-0.3, -0.25) is 96.3 Å². The van der Waals surface area contributed by atoms with Crippen LogP contribution in [0.5, 0.6) is 0 Å². The fourth-order valence-electron chi connectivity index (χ4n) is 12.6. The highest BCUT2D eigenvalue weighted by Gasteiger charge is 2.36. The lowest BCUT2D eigenvalue weighted by atomic mass is 10.0. The first-order valence-corrected chi connectivity index (χ1v) is 39.6. The number of aromatic nitrogens is 3. The number of anilines is 1. The van der Waals surface area contributed by atoms with Crippen LogP contribution >= 0.6 is 11.8 Å². The van der Waals surface area contributed by atoms with Crippen molar-refractivity contribution in [2.24, 2.45) is 23.3 Å². The van der Waals surface area contributed by atoms with Crippen LogP contribution in [-0.4, -0.2) is 297 Å². The van der Waals surface area contributed by atoms with Crippen LogP contribution in [-0.2, 0) is 91.2 Å². The molecule has 2 aromatic heterocycles. The lowest BCUT2D eigenvalue weighted by Crippen LogP contribution is -2.60. The molecule has 6 rings (SSSR count). The van der Waals surface area contributed by atoms with Crippen LogP contribution in [0.1, 0.15) is 87.5 Å². The SMILES string of the molecule is CSCC[C@H](NC(=O)[C@H](CC(C)C)NC(=O)[C@H](Cc1cnc[nH]1)NC(=O)CNC(=O)[C@@H](NC(=O)[C@H](C)NC(=O)[C@H](Cc1c[nH]c2ccccc12)NC(=O)[C@H](CCC(N)=O)NC(=O)[C@@H](Cc1ccccc1)NC(=O)c1ccc(NC(=O)CNC(=O)CN2CCN(CC(=O)O)CCN(CC(=O)O)CCN(CC(=O)O)CC2)cc1)C(C)C)C(N)=O. The summed E-state index contributed by atoms with van der Waals surface area (Å²) in [4.78, 5) is 230. The number of carboxylic acids is 3. The predicted octanol–water partition coefficient (Wildman–Crippen LogP) is -3.02. The standard InChI is InChI=1S/C77H108N20O19S/c1-45(2)32-57(74(113)88-55(69(79)108)22-31-117-6)91-76(115)60(35-52-37-80-44-84-52)87-63(100)39-83-77(116)68(46(3)4)93-70(109)47(5)85-73(112)59(34-50-36-81-54-15-11-10-14-53(50)54)92-72(111)56(20-21-61(78)98)89-75(114)58(33-48-12-8-7-9-13-48)90-71(110)49-16-18-51(19-17-49)86-62(99)38-82-64(101)40-94-23-25-95(41-65(102)103)27-29-97(43-67(106)107)30-28-96(26-24-94)42-66(104)105/h7-19,36-37,44-47,55-60,68,81H,20-35,38-43H2,1-6H3,(H2,78,98)(H2,79,108)(H,80,84)(H,82,101)(H,83,116)(H,85,112)(H,86,99)(H,87,100)(H,88,113)(H,89,114)(H,90,110)(H,91,115)(H,92,111)(H,93,109)(H,102,103)(H,104,105)(H,106,107)/t47-,55-,56-,57-,58+,59-,60-,68-/m0/s1. The summed E-state index contributed by atoms with van der Waals surface area (Å²) in [7, 11) is 0. The number of aliphatic carboxylic acids is 3. The molecule has 0 aliphatic carbocycles. The van der Waals surface area contributed by atoms with E-state index in [4.69, 9.17) is 11.5 Å². The Hall–Kier alpha value is -11.9. The number of carbonyl (C=O) groups excluding carboxylic acids is 13. The average molecular weight is 1650 g/mol. The van der Waals surface area contributed by atoms with Crippen LogP contribution in [0.25, 0.3) is 10.9 Å². The van der Waals surface area contributed by atoms with Gasteiger partial charge in [0, 0.05) is 118 Å². The van der Waals surface area contributed by atoms with E-state index in [1.807, 2.05) is 20.1 Å². The van der Waals surface area contributed by atoms with E-state index in [-0.39, 0.29) is 128 Å². The highest BCUT2D eigenvalue weighted by Crippen LogP contribution is 2.21. The minimum atomic E-state index is -1.60. The molecule has 40 heteroatoms. The maximum absolute atomic E-state index is 14.8. The molecule has 8 atom stereocenters. The van der Waals surface area contributed by atoms with Gasteiger partial charge in [0.25, 0.3) is 5.91 Å². The van der Waals surface area contributed by atoms with Gasteiger partial charge in [-0.15, -0.1) is 0 Å². The number of carboxylic acid groups (broad SMARTS) is 3. The molecule has 0 radical (unpaired) electrons. The van der Waals surface area contributed by atoms with Crippen molar-refractivity contribution in [3.8, 4) is 0 Å². The Bertz CT molecular complexity index is 4200. The van der Waals surface area contributed by atoms with Gasteiger partial charge in [0.05, 0.1) is 45.6 Å². The van der Waals surface area contributed by atoms with Crippen molar-refractivity contribution < 1.29 is 92.0 Å². The second-order valence-corrected chi connectivity index (χ2v) is 30.1. The smallest absolute Gasteiger partial charge is 0.317 e. The molecule has 117 heavy (non-hydrogen) atoms. The summed E-state index contributed by atoms with van der Waals surface area (Å²) < 4.78 is 0. The van der Waals surface area contributed by atoms with Crippen molar-refractivity contribution in [3.63, 3.8) is 0 Å².